The third-order valence-corrected chi connectivity index (χ3v) is 4.24. The van der Waals surface area contributed by atoms with Crippen molar-refractivity contribution in [3.8, 4) is 5.75 Å². The Kier molecular flexibility index (Phi) is 6.66. The summed E-state index contributed by atoms with van der Waals surface area (Å²) in [5.74, 6) is 1.87. The first kappa shape index (κ1) is 17.6. The van der Waals surface area contributed by atoms with E-state index in [1.165, 1.54) is 16.7 Å². The Bertz CT molecular complexity index is 572. The summed E-state index contributed by atoms with van der Waals surface area (Å²) < 4.78 is 5.64. The van der Waals surface area contributed by atoms with Gasteiger partial charge in [0.25, 0.3) is 0 Å². The Hall–Kier alpha value is -1.80. The maximum atomic E-state index is 6.02. The largest absolute Gasteiger partial charge is 0.494 e. The molecule has 0 aromatic heterocycles. The minimum Gasteiger partial charge on any atom is -0.494 e. The first-order chi connectivity index (χ1) is 11.1. The second kappa shape index (κ2) is 8.73. The van der Waals surface area contributed by atoms with Crippen LogP contribution in [0.1, 0.15) is 55.7 Å². The molecule has 1 atom stereocenters. The molecule has 0 bridgehead atoms. The predicted octanol–water partition coefficient (Wildman–Crippen LogP) is 4.88. The maximum absolute atomic E-state index is 6.02. The second-order valence-corrected chi connectivity index (χ2v) is 6.45. The maximum Gasteiger partial charge on any atom is 0.119 e. The molecule has 0 saturated heterocycles. The van der Waals surface area contributed by atoms with Gasteiger partial charge in [0, 0.05) is 5.92 Å². The summed E-state index contributed by atoms with van der Waals surface area (Å²) in [6, 6.07) is 17.3. The standard InChI is InChI=1S/C21H29NO/c1-4-13-23-21-11-5-17(6-12-21)14-20(15-22)19-9-7-18(8-10-19)16(2)3/h5-12,16,20H,4,13-15,22H2,1-3H3. The molecule has 0 spiro atoms. The van der Waals surface area contributed by atoms with Crippen LogP contribution in [-0.2, 0) is 6.42 Å². The number of hydrogen-bond acceptors (Lipinski definition) is 2. The predicted molar refractivity (Wildman–Crippen MR) is 98.3 cm³/mol. The van der Waals surface area contributed by atoms with Crippen LogP contribution in [0, 0.1) is 0 Å². The molecule has 0 aliphatic carbocycles. The quantitative estimate of drug-likeness (QED) is 0.754. The summed E-state index contributed by atoms with van der Waals surface area (Å²) in [5, 5.41) is 0. The summed E-state index contributed by atoms with van der Waals surface area (Å²) in [4.78, 5) is 0. The molecule has 0 heterocycles. The van der Waals surface area contributed by atoms with Crippen LogP contribution in [0.5, 0.6) is 5.75 Å². The van der Waals surface area contributed by atoms with Crippen LogP contribution in [0.2, 0.25) is 0 Å². The van der Waals surface area contributed by atoms with Crippen LogP contribution in [-0.4, -0.2) is 13.2 Å². The normalized spacial score (nSPS) is 12.4. The van der Waals surface area contributed by atoms with E-state index < -0.39 is 0 Å². The minimum absolute atomic E-state index is 0.360. The van der Waals surface area contributed by atoms with Gasteiger partial charge in [-0.3, -0.25) is 0 Å². The molecule has 0 saturated carbocycles. The molecule has 1 unspecified atom stereocenters. The lowest BCUT2D eigenvalue weighted by molar-refractivity contribution is 0.317. The number of hydrogen-bond donors (Lipinski definition) is 1. The van der Waals surface area contributed by atoms with Crippen LogP contribution in [0.4, 0.5) is 0 Å². The average Bonchev–Trinajstić information content (AvgIpc) is 2.59. The van der Waals surface area contributed by atoms with Crippen molar-refractivity contribution in [3.05, 3.63) is 65.2 Å². The smallest absolute Gasteiger partial charge is 0.119 e. The van der Waals surface area contributed by atoms with Gasteiger partial charge in [-0.15, -0.1) is 0 Å². The fourth-order valence-corrected chi connectivity index (χ4v) is 2.72. The Morgan fingerprint density at radius 3 is 2.04 bits per heavy atom. The van der Waals surface area contributed by atoms with E-state index in [-0.39, 0.29) is 0 Å². The lowest BCUT2D eigenvalue weighted by Gasteiger charge is -2.17. The Morgan fingerprint density at radius 1 is 0.913 bits per heavy atom. The number of benzene rings is 2. The molecule has 0 aliphatic rings. The van der Waals surface area contributed by atoms with Gasteiger partial charge in [0.15, 0.2) is 0 Å². The van der Waals surface area contributed by atoms with Crippen LogP contribution in [0.15, 0.2) is 48.5 Å². The lowest BCUT2D eigenvalue weighted by atomic mass is 9.90. The van der Waals surface area contributed by atoms with Gasteiger partial charge in [0.05, 0.1) is 6.61 Å². The van der Waals surface area contributed by atoms with Gasteiger partial charge < -0.3 is 10.5 Å². The van der Waals surface area contributed by atoms with Crippen molar-refractivity contribution < 1.29 is 4.74 Å². The highest BCUT2D eigenvalue weighted by Crippen LogP contribution is 2.24. The molecule has 2 aromatic rings. The van der Waals surface area contributed by atoms with E-state index >= 15 is 0 Å². The second-order valence-electron chi connectivity index (χ2n) is 6.45. The third kappa shape index (κ3) is 5.11. The van der Waals surface area contributed by atoms with Gasteiger partial charge >= 0.3 is 0 Å². The molecule has 0 aliphatic heterocycles. The molecule has 0 radical (unpaired) electrons. The highest BCUT2D eigenvalue weighted by molar-refractivity contribution is 5.31. The molecule has 124 valence electrons. The van der Waals surface area contributed by atoms with Crippen molar-refractivity contribution in [3.63, 3.8) is 0 Å². The number of ether oxygens (including phenoxy) is 1. The Labute approximate surface area is 140 Å². The zero-order chi connectivity index (χ0) is 16.7. The highest BCUT2D eigenvalue weighted by Gasteiger charge is 2.11. The molecule has 23 heavy (non-hydrogen) atoms. The van der Waals surface area contributed by atoms with Crippen LogP contribution >= 0.6 is 0 Å². The van der Waals surface area contributed by atoms with E-state index in [9.17, 15) is 0 Å². The SMILES string of the molecule is CCCOc1ccc(CC(CN)c2ccc(C(C)C)cc2)cc1. The summed E-state index contributed by atoms with van der Waals surface area (Å²) >= 11 is 0. The first-order valence-electron chi connectivity index (χ1n) is 8.65. The molecule has 2 heteroatoms. The van der Waals surface area contributed by atoms with Gasteiger partial charge in [0.1, 0.15) is 5.75 Å². The van der Waals surface area contributed by atoms with Crippen molar-refractivity contribution in [1.82, 2.24) is 0 Å². The van der Waals surface area contributed by atoms with Crippen LogP contribution < -0.4 is 10.5 Å². The van der Waals surface area contributed by atoms with Crippen molar-refractivity contribution in [1.29, 1.82) is 0 Å². The van der Waals surface area contributed by atoms with Gasteiger partial charge in [-0.05, 0) is 54.1 Å². The number of nitrogens with two attached hydrogens (primary N) is 1. The monoisotopic (exact) mass is 311 g/mol. The van der Waals surface area contributed by atoms with E-state index in [0.717, 1.165) is 25.2 Å². The molecular formula is C21H29NO. The van der Waals surface area contributed by atoms with Crippen molar-refractivity contribution in [2.45, 2.75) is 45.4 Å². The fraction of sp³-hybridized carbons (Fsp3) is 0.429. The molecule has 0 fully saturated rings. The van der Waals surface area contributed by atoms with Crippen molar-refractivity contribution in [2.24, 2.45) is 5.73 Å². The molecule has 2 nitrogen and oxygen atoms in total. The summed E-state index contributed by atoms with van der Waals surface area (Å²) in [7, 11) is 0. The van der Waals surface area contributed by atoms with Gasteiger partial charge in [-0.25, -0.2) is 0 Å². The Balaban J connectivity index is 2.03. The highest BCUT2D eigenvalue weighted by atomic mass is 16.5. The van der Waals surface area contributed by atoms with Crippen LogP contribution in [0.25, 0.3) is 0 Å². The van der Waals surface area contributed by atoms with Gasteiger partial charge in [-0.1, -0.05) is 57.2 Å². The van der Waals surface area contributed by atoms with E-state index in [2.05, 4.69) is 69.3 Å². The van der Waals surface area contributed by atoms with E-state index in [1.54, 1.807) is 0 Å². The van der Waals surface area contributed by atoms with E-state index in [4.69, 9.17) is 10.5 Å². The topological polar surface area (TPSA) is 35.2 Å². The third-order valence-electron chi connectivity index (χ3n) is 4.24. The zero-order valence-corrected chi connectivity index (χ0v) is 14.6. The summed E-state index contributed by atoms with van der Waals surface area (Å²) in [6.45, 7) is 7.99. The fourth-order valence-electron chi connectivity index (χ4n) is 2.72. The van der Waals surface area contributed by atoms with Crippen molar-refractivity contribution in [2.75, 3.05) is 13.2 Å². The zero-order valence-electron chi connectivity index (χ0n) is 14.6. The summed E-state index contributed by atoms with van der Waals surface area (Å²) in [6.07, 6.45) is 1.99. The molecule has 2 N–H and O–H groups in total. The Morgan fingerprint density at radius 2 is 1.52 bits per heavy atom. The molecule has 0 amide bonds. The van der Waals surface area contributed by atoms with Gasteiger partial charge in [-0.2, -0.15) is 0 Å². The van der Waals surface area contributed by atoms with E-state index in [0.29, 0.717) is 18.4 Å². The number of rotatable bonds is 8. The minimum atomic E-state index is 0.360. The first-order valence-corrected chi connectivity index (χ1v) is 8.65. The van der Waals surface area contributed by atoms with Crippen LogP contribution in [0.3, 0.4) is 0 Å². The van der Waals surface area contributed by atoms with Gasteiger partial charge in [0.2, 0.25) is 0 Å². The lowest BCUT2D eigenvalue weighted by Crippen LogP contribution is -2.15. The summed E-state index contributed by atoms with van der Waals surface area (Å²) in [5.41, 5.74) is 10.0. The molecule has 2 aromatic carbocycles. The average molecular weight is 311 g/mol. The molecular weight excluding hydrogens is 282 g/mol. The van der Waals surface area contributed by atoms with E-state index in [1.807, 2.05) is 0 Å². The molecule has 2 rings (SSSR count). The van der Waals surface area contributed by atoms with Crippen molar-refractivity contribution >= 4 is 0 Å².